The lowest BCUT2D eigenvalue weighted by Gasteiger charge is -2.05. The zero-order chi connectivity index (χ0) is 17.4. The van der Waals surface area contributed by atoms with Crippen LogP contribution in [-0.4, -0.2) is 30.0 Å². The van der Waals surface area contributed by atoms with E-state index in [0.29, 0.717) is 18.1 Å². The standard InChI is InChI=1S/C16H14N6O2S/c1-2-22-12-7-13(25-10-5-3-4-9(23)6-10)18-8-11(12)19-16(22)14-15(17)21-24-20-14/h3-8,23H,2H2,1H3,(H2,17,21). The molecule has 0 spiro atoms. The van der Waals surface area contributed by atoms with E-state index in [0.717, 1.165) is 21.0 Å². The van der Waals surface area contributed by atoms with E-state index < -0.39 is 0 Å². The van der Waals surface area contributed by atoms with Crippen LogP contribution in [-0.2, 0) is 6.54 Å². The SMILES string of the molecule is CCn1c(-c2nonc2N)nc2cnc(Sc3cccc(O)c3)cc21. The van der Waals surface area contributed by atoms with Gasteiger partial charge in [-0.25, -0.2) is 14.6 Å². The van der Waals surface area contributed by atoms with E-state index in [9.17, 15) is 5.11 Å². The predicted molar refractivity (Wildman–Crippen MR) is 93.1 cm³/mol. The van der Waals surface area contributed by atoms with Crippen LogP contribution >= 0.6 is 11.8 Å². The summed E-state index contributed by atoms with van der Waals surface area (Å²) in [6.45, 7) is 2.69. The first-order valence-electron chi connectivity index (χ1n) is 7.57. The minimum atomic E-state index is 0.201. The summed E-state index contributed by atoms with van der Waals surface area (Å²) in [6, 6.07) is 9.00. The molecule has 0 aliphatic heterocycles. The Morgan fingerprint density at radius 1 is 1.28 bits per heavy atom. The van der Waals surface area contributed by atoms with Gasteiger partial charge in [0.1, 0.15) is 16.3 Å². The molecule has 0 saturated carbocycles. The second-order valence-corrected chi connectivity index (χ2v) is 6.38. The molecule has 0 bridgehead atoms. The summed E-state index contributed by atoms with van der Waals surface area (Å²) in [5, 5.41) is 17.9. The first-order valence-corrected chi connectivity index (χ1v) is 8.39. The Bertz CT molecular complexity index is 1060. The summed E-state index contributed by atoms with van der Waals surface area (Å²) < 4.78 is 6.67. The molecule has 0 fully saturated rings. The molecular formula is C16H14N6O2S. The van der Waals surface area contributed by atoms with Crippen LogP contribution < -0.4 is 5.73 Å². The fourth-order valence-electron chi connectivity index (χ4n) is 2.58. The van der Waals surface area contributed by atoms with Crippen LogP contribution in [0, 0.1) is 0 Å². The molecule has 3 heterocycles. The summed E-state index contributed by atoms with van der Waals surface area (Å²) in [7, 11) is 0. The number of imidazole rings is 1. The van der Waals surface area contributed by atoms with Crippen molar-refractivity contribution in [3.8, 4) is 17.3 Å². The lowest BCUT2D eigenvalue weighted by Crippen LogP contribution is -2.00. The third kappa shape index (κ3) is 2.78. The van der Waals surface area contributed by atoms with Crippen LogP contribution in [0.4, 0.5) is 5.82 Å². The summed E-state index contributed by atoms with van der Waals surface area (Å²) in [5.74, 6) is 1.02. The number of aromatic nitrogens is 5. The highest BCUT2D eigenvalue weighted by atomic mass is 32.2. The van der Waals surface area contributed by atoms with E-state index in [1.807, 2.05) is 23.6 Å². The van der Waals surface area contributed by atoms with E-state index in [-0.39, 0.29) is 11.6 Å². The van der Waals surface area contributed by atoms with Gasteiger partial charge in [-0.2, -0.15) is 0 Å². The number of nitrogens with zero attached hydrogens (tertiary/aromatic N) is 5. The maximum atomic E-state index is 9.60. The summed E-state index contributed by atoms with van der Waals surface area (Å²) in [6.07, 6.45) is 1.71. The van der Waals surface area contributed by atoms with Gasteiger partial charge in [0, 0.05) is 11.4 Å². The topological polar surface area (TPSA) is 116 Å². The maximum Gasteiger partial charge on any atom is 0.199 e. The number of aromatic hydroxyl groups is 1. The van der Waals surface area contributed by atoms with Crippen LogP contribution in [0.3, 0.4) is 0 Å². The van der Waals surface area contributed by atoms with Crippen molar-refractivity contribution < 1.29 is 9.74 Å². The van der Waals surface area contributed by atoms with Crippen LogP contribution in [0.5, 0.6) is 5.75 Å². The van der Waals surface area contributed by atoms with Crippen molar-refractivity contribution in [3.63, 3.8) is 0 Å². The first kappa shape index (κ1) is 15.5. The highest BCUT2D eigenvalue weighted by Gasteiger charge is 2.19. The minimum absolute atomic E-state index is 0.201. The molecule has 0 unspecified atom stereocenters. The third-order valence-electron chi connectivity index (χ3n) is 3.69. The second kappa shape index (κ2) is 6.10. The number of rotatable bonds is 4. The van der Waals surface area contributed by atoms with Crippen molar-refractivity contribution in [1.29, 1.82) is 0 Å². The van der Waals surface area contributed by atoms with Gasteiger partial charge >= 0.3 is 0 Å². The van der Waals surface area contributed by atoms with Crippen LogP contribution in [0.15, 0.2) is 51.1 Å². The number of pyridine rings is 1. The molecule has 0 aliphatic carbocycles. The second-order valence-electron chi connectivity index (χ2n) is 5.29. The predicted octanol–water partition coefficient (Wildman–Crippen LogP) is 2.94. The Morgan fingerprint density at radius 2 is 2.16 bits per heavy atom. The third-order valence-corrected chi connectivity index (χ3v) is 4.61. The number of phenols is 1. The van der Waals surface area contributed by atoms with Crippen LogP contribution in [0.2, 0.25) is 0 Å². The van der Waals surface area contributed by atoms with Gasteiger partial charge in [0.05, 0.1) is 11.7 Å². The molecular weight excluding hydrogens is 340 g/mol. The van der Waals surface area contributed by atoms with Gasteiger partial charge in [0.25, 0.3) is 0 Å². The zero-order valence-corrected chi connectivity index (χ0v) is 14.1. The Morgan fingerprint density at radius 3 is 2.88 bits per heavy atom. The van der Waals surface area contributed by atoms with Crippen molar-refractivity contribution in [3.05, 3.63) is 36.5 Å². The molecule has 3 aromatic heterocycles. The lowest BCUT2D eigenvalue weighted by molar-refractivity contribution is 0.310. The molecule has 25 heavy (non-hydrogen) atoms. The number of anilines is 1. The van der Waals surface area contributed by atoms with Crippen molar-refractivity contribution in [1.82, 2.24) is 24.8 Å². The molecule has 0 aliphatic rings. The van der Waals surface area contributed by atoms with E-state index in [1.54, 1.807) is 24.4 Å². The molecule has 0 atom stereocenters. The van der Waals surface area contributed by atoms with Gasteiger partial charge in [0.2, 0.25) is 0 Å². The number of aryl methyl sites for hydroxylation is 1. The number of benzene rings is 1. The average molecular weight is 354 g/mol. The van der Waals surface area contributed by atoms with Gasteiger partial charge in [-0.15, -0.1) is 0 Å². The molecule has 0 amide bonds. The van der Waals surface area contributed by atoms with E-state index in [4.69, 9.17) is 5.73 Å². The number of nitrogens with two attached hydrogens (primary N) is 1. The summed E-state index contributed by atoms with van der Waals surface area (Å²) in [4.78, 5) is 9.90. The van der Waals surface area contributed by atoms with Crippen molar-refractivity contribution >= 4 is 28.6 Å². The minimum Gasteiger partial charge on any atom is -0.508 e. The molecule has 0 radical (unpaired) electrons. The zero-order valence-electron chi connectivity index (χ0n) is 13.2. The number of hydrogen-bond donors (Lipinski definition) is 2. The Hall–Kier alpha value is -3.07. The Balaban J connectivity index is 1.79. The number of nitrogen functional groups attached to an aromatic ring is 1. The molecule has 0 saturated heterocycles. The quantitative estimate of drug-likeness (QED) is 0.574. The van der Waals surface area contributed by atoms with Crippen molar-refractivity contribution in [2.45, 2.75) is 23.4 Å². The van der Waals surface area contributed by atoms with Gasteiger partial charge in [-0.1, -0.05) is 17.8 Å². The van der Waals surface area contributed by atoms with Crippen molar-refractivity contribution in [2.75, 3.05) is 5.73 Å². The maximum absolute atomic E-state index is 9.60. The van der Waals surface area contributed by atoms with Gasteiger partial charge in [-0.05, 0) is 41.5 Å². The molecule has 1 aromatic carbocycles. The van der Waals surface area contributed by atoms with Gasteiger partial charge in [-0.3, -0.25) is 0 Å². The molecule has 8 nitrogen and oxygen atoms in total. The monoisotopic (exact) mass is 354 g/mol. The first-order chi connectivity index (χ1) is 12.2. The molecule has 126 valence electrons. The van der Waals surface area contributed by atoms with Gasteiger partial charge in [0.15, 0.2) is 17.3 Å². The van der Waals surface area contributed by atoms with E-state index in [2.05, 4.69) is 24.9 Å². The van der Waals surface area contributed by atoms with E-state index in [1.165, 1.54) is 11.8 Å². The fourth-order valence-corrected chi connectivity index (χ4v) is 3.43. The Labute approximate surface area is 146 Å². The number of phenolic OH excluding ortho intramolecular Hbond substituents is 1. The van der Waals surface area contributed by atoms with Crippen LogP contribution in [0.25, 0.3) is 22.6 Å². The summed E-state index contributed by atoms with van der Waals surface area (Å²) >= 11 is 1.46. The largest absolute Gasteiger partial charge is 0.508 e. The number of hydrogen-bond acceptors (Lipinski definition) is 8. The molecule has 4 aromatic rings. The highest BCUT2D eigenvalue weighted by Crippen LogP contribution is 2.32. The Kier molecular flexibility index (Phi) is 3.77. The van der Waals surface area contributed by atoms with E-state index >= 15 is 0 Å². The highest BCUT2D eigenvalue weighted by molar-refractivity contribution is 7.99. The molecule has 4 rings (SSSR count). The van der Waals surface area contributed by atoms with Crippen molar-refractivity contribution in [2.24, 2.45) is 0 Å². The summed E-state index contributed by atoms with van der Waals surface area (Å²) in [5.41, 5.74) is 7.87. The smallest absolute Gasteiger partial charge is 0.199 e. The average Bonchev–Trinajstić information content (AvgIpc) is 3.17. The lowest BCUT2D eigenvalue weighted by atomic mass is 10.3. The fraction of sp³-hybridized carbons (Fsp3) is 0.125. The number of fused-ring (bicyclic) bond motifs is 1. The molecule has 3 N–H and O–H groups in total. The van der Waals surface area contributed by atoms with Gasteiger partial charge < -0.3 is 15.4 Å². The van der Waals surface area contributed by atoms with Crippen LogP contribution in [0.1, 0.15) is 6.92 Å². The normalized spacial score (nSPS) is 11.2. The molecule has 9 heteroatoms.